The van der Waals surface area contributed by atoms with Crippen molar-refractivity contribution in [2.75, 3.05) is 39.0 Å². The van der Waals surface area contributed by atoms with Crippen LogP contribution >= 0.6 is 11.6 Å². The van der Waals surface area contributed by atoms with E-state index < -0.39 is 9.84 Å². The number of benzene rings is 2. The molecular weight excluding hydrogens is 412 g/mol. The Balaban J connectivity index is 1.59. The van der Waals surface area contributed by atoms with Crippen molar-refractivity contribution in [1.29, 1.82) is 0 Å². The minimum Gasteiger partial charge on any atom is -0.492 e. The third-order valence-electron chi connectivity index (χ3n) is 4.89. The minimum atomic E-state index is -3.43. The van der Waals surface area contributed by atoms with Crippen LogP contribution in [0.2, 0.25) is 5.02 Å². The first-order valence-electron chi connectivity index (χ1n) is 9.49. The van der Waals surface area contributed by atoms with Gasteiger partial charge in [0, 0.05) is 50.4 Å². The molecule has 2 aromatic rings. The maximum absolute atomic E-state index is 12.6. The molecule has 0 unspecified atom stereocenters. The van der Waals surface area contributed by atoms with Crippen LogP contribution in [0.4, 0.5) is 0 Å². The number of sulfone groups is 1. The van der Waals surface area contributed by atoms with E-state index in [1.165, 1.54) is 6.07 Å². The molecule has 1 fully saturated rings. The molecule has 2 aromatic carbocycles. The predicted molar refractivity (Wildman–Crippen MR) is 113 cm³/mol. The number of hydrogen-bond donors (Lipinski definition) is 0. The summed E-state index contributed by atoms with van der Waals surface area (Å²) in [6, 6.07) is 14.4. The number of amides is 1. The number of hydrogen-bond acceptors (Lipinski definition) is 5. The average Bonchev–Trinajstić information content (AvgIpc) is 2.85. The Labute approximate surface area is 176 Å². The Hall–Kier alpha value is -2.09. The lowest BCUT2D eigenvalue weighted by Crippen LogP contribution is -2.34. The van der Waals surface area contributed by atoms with E-state index in [-0.39, 0.29) is 17.3 Å². The van der Waals surface area contributed by atoms with E-state index in [0.29, 0.717) is 43.2 Å². The highest BCUT2D eigenvalue weighted by molar-refractivity contribution is 7.90. The normalized spacial score (nSPS) is 15.9. The van der Waals surface area contributed by atoms with Gasteiger partial charge in [0.25, 0.3) is 0 Å². The van der Waals surface area contributed by atoms with Gasteiger partial charge in [0.05, 0.1) is 4.90 Å². The monoisotopic (exact) mass is 436 g/mol. The van der Waals surface area contributed by atoms with Crippen molar-refractivity contribution < 1.29 is 17.9 Å². The van der Waals surface area contributed by atoms with Gasteiger partial charge in [-0.3, -0.25) is 9.69 Å². The highest BCUT2D eigenvalue weighted by Crippen LogP contribution is 2.23. The van der Waals surface area contributed by atoms with E-state index in [2.05, 4.69) is 4.90 Å². The van der Waals surface area contributed by atoms with Crippen LogP contribution in [0.1, 0.15) is 12.0 Å². The average molecular weight is 437 g/mol. The number of carbonyl (C=O) groups excluding carboxylic acids is 1. The number of nitrogens with zero attached hydrogens (tertiary/aromatic N) is 2. The van der Waals surface area contributed by atoms with Gasteiger partial charge in [0.1, 0.15) is 12.4 Å². The summed E-state index contributed by atoms with van der Waals surface area (Å²) in [6.45, 7) is 3.45. The van der Waals surface area contributed by atoms with Gasteiger partial charge < -0.3 is 9.64 Å². The fourth-order valence-corrected chi connectivity index (χ4v) is 4.51. The minimum absolute atomic E-state index is 0.0193. The number of para-hydroxylation sites is 1. The summed E-state index contributed by atoms with van der Waals surface area (Å²) in [6.07, 6.45) is 1.55. The first-order valence-corrected chi connectivity index (χ1v) is 11.8. The topological polar surface area (TPSA) is 66.9 Å². The molecule has 0 spiro atoms. The van der Waals surface area contributed by atoms with Crippen molar-refractivity contribution in [3.8, 4) is 5.75 Å². The highest BCUT2D eigenvalue weighted by Gasteiger charge is 2.23. The molecule has 1 aliphatic heterocycles. The summed E-state index contributed by atoms with van der Waals surface area (Å²) in [4.78, 5) is 16.7. The third kappa shape index (κ3) is 6.19. The van der Waals surface area contributed by atoms with E-state index in [4.69, 9.17) is 16.3 Å². The lowest BCUT2D eigenvalue weighted by molar-refractivity contribution is -0.131. The molecule has 29 heavy (non-hydrogen) atoms. The molecule has 3 rings (SSSR count). The van der Waals surface area contributed by atoms with Gasteiger partial charge in [0.2, 0.25) is 5.91 Å². The standard InChI is InChI=1S/C21H25ClN2O4S/c1-29(26,27)20-15-18(22)8-7-17(20)16-24-12-11-23(10-9-21(24)25)13-14-28-19-5-3-2-4-6-19/h2-8,15H,9-14,16H2,1H3. The molecule has 8 heteroatoms. The number of carbonyl (C=O) groups is 1. The second-order valence-electron chi connectivity index (χ2n) is 7.09. The molecule has 0 saturated carbocycles. The molecule has 6 nitrogen and oxygen atoms in total. The molecule has 0 radical (unpaired) electrons. The van der Waals surface area contributed by atoms with Crippen molar-refractivity contribution >= 4 is 27.3 Å². The zero-order valence-corrected chi connectivity index (χ0v) is 18.0. The molecule has 1 aliphatic rings. The summed E-state index contributed by atoms with van der Waals surface area (Å²) < 4.78 is 29.9. The second kappa shape index (κ2) is 9.61. The molecule has 1 saturated heterocycles. The lowest BCUT2D eigenvalue weighted by atomic mass is 10.2. The summed E-state index contributed by atoms with van der Waals surface area (Å²) in [5.41, 5.74) is 0.589. The summed E-state index contributed by atoms with van der Waals surface area (Å²) in [5.74, 6) is 0.849. The van der Waals surface area contributed by atoms with Crippen LogP contribution in [0.25, 0.3) is 0 Å². The zero-order valence-electron chi connectivity index (χ0n) is 16.4. The van der Waals surface area contributed by atoms with Crippen LogP contribution in [0.5, 0.6) is 5.75 Å². The molecular formula is C21H25ClN2O4S. The first-order chi connectivity index (χ1) is 13.8. The quantitative estimate of drug-likeness (QED) is 0.667. The fraction of sp³-hybridized carbons (Fsp3) is 0.381. The van der Waals surface area contributed by atoms with Crippen LogP contribution in [0, 0.1) is 0 Å². The van der Waals surface area contributed by atoms with Gasteiger partial charge >= 0.3 is 0 Å². The smallest absolute Gasteiger partial charge is 0.224 e. The molecule has 0 aromatic heterocycles. The van der Waals surface area contributed by atoms with Crippen LogP contribution in [-0.4, -0.2) is 63.2 Å². The molecule has 0 aliphatic carbocycles. The maximum Gasteiger partial charge on any atom is 0.224 e. The van der Waals surface area contributed by atoms with Crippen LogP contribution < -0.4 is 4.74 Å². The third-order valence-corrected chi connectivity index (χ3v) is 6.30. The molecule has 1 heterocycles. The van der Waals surface area contributed by atoms with Crippen molar-refractivity contribution in [2.45, 2.75) is 17.9 Å². The Morgan fingerprint density at radius 2 is 1.83 bits per heavy atom. The number of ether oxygens (including phenoxy) is 1. The first kappa shape index (κ1) is 21.6. The second-order valence-corrected chi connectivity index (χ2v) is 9.51. The van der Waals surface area contributed by atoms with Crippen molar-refractivity contribution in [2.24, 2.45) is 0 Å². The molecule has 1 amide bonds. The number of rotatable bonds is 7. The van der Waals surface area contributed by atoms with Gasteiger partial charge in [-0.1, -0.05) is 35.9 Å². The molecule has 0 bridgehead atoms. The molecule has 156 valence electrons. The molecule has 0 N–H and O–H groups in total. The van der Waals surface area contributed by atoms with E-state index in [1.807, 2.05) is 30.3 Å². The molecule has 0 atom stereocenters. The van der Waals surface area contributed by atoms with Gasteiger partial charge in [-0.2, -0.15) is 0 Å². The van der Waals surface area contributed by atoms with Crippen LogP contribution in [0.3, 0.4) is 0 Å². The fourth-order valence-electron chi connectivity index (χ4n) is 3.32. The summed E-state index contributed by atoms with van der Waals surface area (Å²) in [7, 11) is -3.43. The lowest BCUT2D eigenvalue weighted by Gasteiger charge is -2.23. The van der Waals surface area contributed by atoms with E-state index in [9.17, 15) is 13.2 Å². The highest BCUT2D eigenvalue weighted by atomic mass is 35.5. The van der Waals surface area contributed by atoms with E-state index >= 15 is 0 Å². The summed E-state index contributed by atoms with van der Waals surface area (Å²) in [5, 5.41) is 0.362. The van der Waals surface area contributed by atoms with Gasteiger partial charge in [0.15, 0.2) is 9.84 Å². The largest absolute Gasteiger partial charge is 0.492 e. The van der Waals surface area contributed by atoms with Gasteiger partial charge in [-0.05, 0) is 29.8 Å². The van der Waals surface area contributed by atoms with Crippen molar-refractivity contribution in [3.05, 3.63) is 59.1 Å². The number of halogens is 1. The van der Waals surface area contributed by atoms with Crippen molar-refractivity contribution in [3.63, 3.8) is 0 Å². The van der Waals surface area contributed by atoms with Crippen LogP contribution in [-0.2, 0) is 21.2 Å². The van der Waals surface area contributed by atoms with Gasteiger partial charge in [-0.25, -0.2) is 8.42 Å². The Bertz CT molecular complexity index is 950. The Morgan fingerprint density at radius 1 is 1.07 bits per heavy atom. The summed E-state index contributed by atoms with van der Waals surface area (Å²) >= 11 is 5.97. The predicted octanol–water partition coefficient (Wildman–Crippen LogP) is 2.86. The SMILES string of the molecule is CS(=O)(=O)c1cc(Cl)ccc1CN1CCN(CCOc2ccccc2)CCC1=O. The van der Waals surface area contributed by atoms with Gasteiger partial charge in [-0.15, -0.1) is 0 Å². The Morgan fingerprint density at radius 3 is 2.55 bits per heavy atom. The zero-order chi connectivity index (χ0) is 20.9. The van der Waals surface area contributed by atoms with E-state index in [0.717, 1.165) is 18.6 Å². The van der Waals surface area contributed by atoms with E-state index in [1.54, 1.807) is 17.0 Å². The van der Waals surface area contributed by atoms with Crippen molar-refractivity contribution in [1.82, 2.24) is 9.80 Å². The maximum atomic E-state index is 12.6. The van der Waals surface area contributed by atoms with Crippen LogP contribution in [0.15, 0.2) is 53.4 Å². The Kier molecular flexibility index (Phi) is 7.16.